The summed E-state index contributed by atoms with van der Waals surface area (Å²) in [6.07, 6.45) is 4.61. The zero-order chi connectivity index (χ0) is 15.9. The van der Waals surface area contributed by atoms with Crippen molar-refractivity contribution in [1.82, 2.24) is 10.2 Å². The first kappa shape index (κ1) is 17.0. The van der Waals surface area contributed by atoms with Crippen LogP contribution >= 0.6 is 0 Å². The molecule has 0 heterocycles. The van der Waals surface area contributed by atoms with Gasteiger partial charge >= 0.3 is 0 Å². The maximum atomic E-state index is 12.0. The zero-order valence-electron chi connectivity index (χ0n) is 13.8. The third kappa shape index (κ3) is 4.55. The van der Waals surface area contributed by atoms with Crippen LogP contribution in [-0.4, -0.2) is 35.5 Å². The van der Waals surface area contributed by atoms with Crippen molar-refractivity contribution in [3.8, 4) is 0 Å². The van der Waals surface area contributed by atoms with Crippen LogP contribution < -0.4 is 11.1 Å². The lowest BCUT2D eigenvalue weighted by atomic mass is 9.88. The summed E-state index contributed by atoms with van der Waals surface area (Å²) in [7, 11) is 0. The molecule has 1 saturated carbocycles. The number of hydrogen-bond acceptors (Lipinski definition) is 3. The minimum atomic E-state index is -0.438. The molecule has 122 valence electrons. The molecule has 22 heavy (non-hydrogen) atoms. The van der Waals surface area contributed by atoms with E-state index in [0.29, 0.717) is 6.04 Å². The van der Waals surface area contributed by atoms with Gasteiger partial charge < -0.3 is 11.1 Å². The summed E-state index contributed by atoms with van der Waals surface area (Å²) in [5.41, 5.74) is 7.03. The van der Waals surface area contributed by atoms with Crippen molar-refractivity contribution in [2.75, 3.05) is 6.54 Å². The van der Waals surface area contributed by atoms with Crippen LogP contribution in [0.1, 0.15) is 45.1 Å². The lowest BCUT2D eigenvalue weighted by Gasteiger charge is -2.40. The highest BCUT2D eigenvalue weighted by Gasteiger charge is 2.31. The smallest absolute Gasteiger partial charge is 0.236 e. The molecule has 0 spiro atoms. The lowest BCUT2D eigenvalue weighted by molar-refractivity contribution is -0.123. The van der Waals surface area contributed by atoms with Crippen molar-refractivity contribution in [3.05, 3.63) is 35.9 Å². The standard InChI is InChI=1S/C18H29N3O/c1-3-21(13-15-9-5-4-6-10-15)17-12-8-7-11-16(17)20-18(22)14(2)19/h4-6,9-10,14,16-17H,3,7-8,11-13,19H2,1-2H3,(H,20,22)/t14-,16+,17+/m0/s1. The molecule has 4 nitrogen and oxygen atoms in total. The Kier molecular flexibility index (Phi) is 6.40. The van der Waals surface area contributed by atoms with Gasteiger partial charge in [0.2, 0.25) is 5.91 Å². The highest BCUT2D eigenvalue weighted by atomic mass is 16.2. The topological polar surface area (TPSA) is 58.4 Å². The summed E-state index contributed by atoms with van der Waals surface area (Å²) >= 11 is 0. The number of hydrogen-bond donors (Lipinski definition) is 2. The molecule has 1 aliphatic rings. The molecule has 1 aliphatic carbocycles. The van der Waals surface area contributed by atoms with E-state index in [4.69, 9.17) is 5.73 Å². The van der Waals surface area contributed by atoms with Crippen LogP contribution in [0.5, 0.6) is 0 Å². The number of nitrogens with zero attached hydrogens (tertiary/aromatic N) is 1. The fraction of sp³-hybridized carbons (Fsp3) is 0.611. The summed E-state index contributed by atoms with van der Waals surface area (Å²) in [6.45, 7) is 5.87. The Morgan fingerprint density at radius 3 is 2.64 bits per heavy atom. The Morgan fingerprint density at radius 2 is 2.00 bits per heavy atom. The van der Waals surface area contributed by atoms with Gasteiger partial charge in [-0.1, -0.05) is 50.1 Å². The van der Waals surface area contributed by atoms with Gasteiger partial charge in [0.1, 0.15) is 0 Å². The van der Waals surface area contributed by atoms with Crippen LogP contribution in [0.25, 0.3) is 0 Å². The molecule has 0 bridgehead atoms. The van der Waals surface area contributed by atoms with Crippen molar-refractivity contribution in [2.24, 2.45) is 5.73 Å². The molecule has 2 rings (SSSR count). The predicted molar refractivity (Wildman–Crippen MR) is 90.4 cm³/mol. The molecule has 1 aromatic carbocycles. The lowest BCUT2D eigenvalue weighted by Crippen LogP contribution is -2.55. The van der Waals surface area contributed by atoms with Gasteiger partial charge in [0.25, 0.3) is 0 Å². The number of likely N-dealkylation sites (N-methyl/N-ethyl adjacent to an activating group) is 1. The zero-order valence-corrected chi connectivity index (χ0v) is 13.8. The second kappa shape index (κ2) is 8.30. The molecule has 0 saturated heterocycles. The fourth-order valence-corrected chi connectivity index (χ4v) is 3.31. The van der Waals surface area contributed by atoms with Crippen LogP contribution in [-0.2, 0) is 11.3 Å². The monoisotopic (exact) mass is 303 g/mol. The van der Waals surface area contributed by atoms with Gasteiger partial charge in [0.05, 0.1) is 6.04 Å². The van der Waals surface area contributed by atoms with Crippen molar-refractivity contribution in [3.63, 3.8) is 0 Å². The average Bonchev–Trinajstić information content (AvgIpc) is 2.54. The van der Waals surface area contributed by atoms with Gasteiger partial charge in [-0.25, -0.2) is 0 Å². The number of carbonyl (C=O) groups excluding carboxylic acids is 1. The Hall–Kier alpha value is -1.39. The maximum Gasteiger partial charge on any atom is 0.236 e. The summed E-state index contributed by atoms with van der Waals surface area (Å²) in [6, 6.07) is 10.7. The highest BCUT2D eigenvalue weighted by Crippen LogP contribution is 2.24. The Morgan fingerprint density at radius 1 is 1.32 bits per heavy atom. The van der Waals surface area contributed by atoms with E-state index in [-0.39, 0.29) is 11.9 Å². The van der Waals surface area contributed by atoms with Crippen LogP contribution in [0.4, 0.5) is 0 Å². The molecule has 1 aromatic rings. The van der Waals surface area contributed by atoms with E-state index in [2.05, 4.69) is 41.4 Å². The highest BCUT2D eigenvalue weighted by molar-refractivity contribution is 5.81. The average molecular weight is 303 g/mol. The van der Waals surface area contributed by atoms with E-state index in [1.807, 2.05) is 6.07 Å². The van der Waals surface area contributed by atoms with E-state index in [1.54, 1.807) is 6.92 Å². The van der Waals surface area contributed by atoms with Gasteiger partial charge in [-0.05, 0) is 31.9 Å². The third-order valence-electron chi connectivity index (χ3n) is 4.57. The van der Waals surface area contributed by atoms with Crippen LogP contribution in [0.15, 0.2) is 30.3 Å². The molecule has 4 heteroatoms. The van der Waals surface area contributed by atoms with Crippen LogP contribution in [0.3, 0.4) is 0 Å². The fourth-order valence-electron chi connectivity index (χ4n) is 3.31. The minimum Gasteiger partial charge on any atom is -0.350 e. The number of carbonyl (C=O) groups is 1. The first-order valence-corrected chi connectivity index (χ1v) is 8.45. The molecular formula is C18H29N3O. The van der Waals surface area contributed by atoms with E-state index in [9.17, 15) is 4.79 Å². The summed E-state index contributed by atoms with van der Waals surface area (Å²) in [5, 5.41) is 3.16. The number of rotatable bonds is 6. The quantitative estimate of drug-likeness (QED) is 0.847. The molecule has 1 amide bonds. The van der Waals surface area contributed by atoms with Gasteiger partial charge in [-0.15, -0.1) is 0 Å². The summed E-state index contributed by atoms with van der Waals surface area (Å²) in [5.74, 6) is -0.0346. The number of nitrogens with one attached hydrogen (secondary N) is 1. The maximum absolute atomic E-state index is 12.0. The molecule has 0 aromatic heterocycles. The second-order valence-electron chi connectivity index (χ2n) is 6.30. The summed E-state index contributed by atoms with van der Waals surface area (Å²) < 4.78 is 0. The third-order valence-corrected chi connectivity index (χ3v) is 4.57. The second-order valence-corrected chi connectivity index (χ2v) is 6.30. The Balaban J connectivity index is 2.05. The van der Waals surface area contributed by atoms with Crippen molar-refractivity contribution < 1.29 is 4.79 Å². The van der Waals surface area contributed by atoms with Crippen molar-refractivity contribution >= 4 is 5.91 Å². The van der Waals surface area contributed by atoms with E-state index < -0.39 is 6.04 Å². The van der Waals surface area contributed by atoms with Gasteiger partial charge in [0, 0.05) is 18.6 Å². The van der Waals surface area contributed by atoms with Gasteiger partial charge in [0.15, 0.2) is 0 Å². The van der Waals surface area contributed by atoms with Crippen molar-refractivity contribution in [1.29, 1.82) is 0 Å². The number of amides is 1. The number of nitrogens with two attached hydrogens (primary N) is 1. The minimum absolute atomic E-state index is 0.0346. The molecular weight excluding hydrogens is 274 g/mol. The van der Waals surface area contributed by atoms with Gasteiger partial charge in [-0.2, -0.15) is 0 Å². The molecule has 0 aliphatic heterocycles. The predicted octanol–water partition coefficient (Wildman–Crippen LogP) is 2.28. The number of benzene rings is 1. The van der Waals surface area contributed by atoms with Gasteiger partial charge in [-0.3, -0.25) is 9.69 Å². The largest absolute Gasteiger partial charge is 0.350 e. The van der Waals surface area contributed by atoms with Crippen molar-refractivity contribution in [2.45, 2.75) is 64.2 Å². The molecule has 3 atom stereocenters. The SMILES string of the molecule is CCN(Cc1ccccc1)[C@@H]1CCCC[C@H]1NC(=O)[C@H](C)N. The molecule has 0 radical (unpaired) electrons. The molecule has 0 unspecified atom stereocenters. The van der Waals surface area contributed by atoms with Crippen LogP contribution in [0, 0.1) is 0 Å². The van der Waals surface area contributed by atoms with E-state index in [0.717, 1.165) is 25.9 Å². The normalized spacial score (nSPS) is 23.3. The molecule has 1 fully saturated rings. The first-order valence-electron chi connectivity index (χ1n) is 8.45. The first-order chi connectivity index (χ1) is 10.6. The Bertz CT molecular complexity index is 461. The van der Waals surface area contributed by atoms with E-state index >= 15 is 0 Å². The molecule has 3 N–H and O–H groups in total. The Labute approximate surface area is 134 Å². The summed E-state index contributed by atoms with van der Waals surface area (Å²) in [4.78, 5) is 14.5. The van der Waals surface area contributed by atoms with E-state index in [1.165, 1.54) is 18.4 Å². The van der Waals surface area contributed by atoms with Crippen LogP contribution in [0.2, 0.25) is 0 Å².